The number of carboxylic acids is 1. The highest BCUT2D eigenvalue weighted by Gasteiger charge is 2.23. The van der Waals surface area contributed by atoms with Gasteiger partial charge in [-0.1, -0.05) is 13.8 Å². The second kappa shape index (κ2) is 6.65. The number of benzene rings is 2. The number of halogens is 1. The van der Waals surface area contributed by atoms with E-state index in [2.05, 4.69) is 4.99 Å². The lowest BCUT2D eigenvalue weighted by atomic mass is 9.97. The Hall–Kier alpha value is -2.95. The van der Waals surface area contributed by atoms with Gasteiger partial charge in [-0.25, -0.2) is 4.39 Å². The fraction of sp³-hybridized carbons (Fsp3) is 0.273. The third-order valence-electron chi connectivity index (χ3n) is 4.83. The van der Waals surface area contributed by atoms with Gasteiger partial charge in [-0.2, -0.15) is 0 Å². The zero-order chi connectivity index (χ0) is 21.8. The van der Waals surface area contributed by atoms with E-state index in [9.17, 15) is 14.3 Å². The van der Waals surface area contributed by atoms with Crippen molar-refractivity contribution < 1.29 is 18.4 Å². The minimum absolute atomic E-state index is 0.0546. The number of carbonyl (C=O) groups is 1. The van der Waals surface area contributed by atoms with Gasteiger partial charge in [-0.3, -0.25) is 9.79 Å². The van der Waals surface area contributed by atoms with E-state index >= 15 is 0 Å². The molecule has 5 heteroatoms. The predicted octanol–water partition coefficient (Wildman–Crippen LogP) is 4.84. The predicted molar refractivity (Wildman–Crippen MR) is 105 cm³/mol. The second-order valence-corrected chi connectivity index (χ2v) is 6.94. The van der Waals surface area contributed by atoms with Gasteiger partial charge in [0.1, 0.15) is 5.82 Å². The molecule has 1 aliphatic rings. The fourth-order valence-corrected chi connectivity index (χ4v) is 3.73. The molecule has 0 spiro atoms. The SMILES string of the molecule is [2H]C1=NCc2cc3c(CC([2H])([2H])C(=O)O)c(C(C)C)n(-c4ccc(F)cc4)c3cc21. The Kier molecular flexibility index (Phi) is 3.49. The number of carboxylic acid groups (broad SMARTS) is 1. The van der Waals surface area contributed by atoms with Gasteiger partial charge in [0.05, 0.1) is 13.4 Å². The number of hydrogen-bond acceptors (Lipinski definition) is 2. The van der Waals surface area contributed by atoms with Crippen LogP contribution in [0.2, 0.25) is 0 Å². The monoisotopic (exact) mass is 367 g/mol. The maximum Gasteiger partial charge on any atom is 0.303 e. The molecule has 4 rings (SSSR count). The van der Waals surface area contributed by atoms with Crippen LogP contribution in [0.25, 0.3) is 16.6 Å². The van der Waals surface area contributed by atoms with E-state index in [4.69, 9.17) is 4.11 Å². The van der Waals surface area contributed by atoms with Gasteiger partial charge in [-0.05, 0) is 65.4 Å². The van der Waals surface area contributed by atoms with Crippen molar-refractivity contribution in [2.45, 2.75) is 39.1 Å². The van der Waals surface area contributed by atoms with Gasteiger partial charge in [0.2, 0.25) is 0 Å². The van der Waals surface area contributed by atoms with Crippen molar-refractivity contribution in [2.24, 2.45) is 4.99 Å². The van der Waals surface area contributed by atoms with Crippen molar-refractivity contribution in [3.63, 3.8) is 0 Å². The number of aromatic nitrogens is 1. The molecular weight excluding hydrogens is 343 g/mol. The number of fused-ring (bicyclic) bond motifs is 2. The van der Waals surface area contributed by atoms with E-state index in [-0.39, 0.29) is 24.3 Å². The highest BCUT2D eigenvalue weighted by molar-refractivity contribution is 5.96. The van der Waals surface area contributed by atoms with E-state index < -0.39 is 12.3 Å². The summed E-state index contributed by atoms with van der Waals surface area (Å²) in [5.41, 5.74) is 4.35. The fourth-order valence-electron chi connectivity index (χ4n) is 3.73. The first kappa shape index (κ1) is 14.2. The number of hydrogen-bond donors (Lipinski definition) is 1. The van der Waals surface area contributed by atoms with Gasteiger partial charge in [0.25, 0.3) is 0 Å². The molecule has 0 unspecified atom stereocenters. The smallest absolute Gasteiger partial charge is 0.303 e. The van der Waals surface area contributed by atoms with E-state index in [0.717, 1.165) is 22.2 Å². The first-order valence-electron chi connectivity index (χ1n) is 10.3. The molecule has 4 nitrogen and oxygen atoms in total. The summed E-state index contributed by atoms with van der Waals surface area (Å²) in [6, 6.07) is 9.71. The van der Waals surface area contributed by atoms with Crippen molar-refractivity contribution in [3.8, 4) is 5.69 Å². The average Bonchev–Trinajstić information content (AvgIpc) is 3.19. The van der Waals surface area contributed by atoms with Gasteiger partial charge >= 0.3 is 5.97 Å². The summed E-state index contributed by atoms with van der Waals surface area (Å²) in [6.07, 6.45) is -2.55. The number of aliphatic carboxylic acids is 1. The first-order chi connectivity index (χ1) is 14.1. The van der Waals surface area contributed by atoms with Crippen molar-refractivity contribution in [1.82, 2.24) is 4.57 Å². The van der Waals surface area contributed by atoms with E-state index in [1.165, 1.54) is 12.1 Å². The molecule has 138 valence electrons. The van der Waals surface area contributed by atoms with Gasteiger partial charge in [0.15, 0.2) is 0 Å². The highest BCUT2D eigenvalue weighted by Crippen LogP contribution is 2.37. The van der Waals surface area contributed by atoms with Gasteiger partial charge in [0, 0.05) is 32.1 Å². The summed E-state index contributed by atoms with van der Waals surface area (Å²) in [4.78, 5) is 15.7. The molecule has 0 fully saturated rings. The van der Waals surface area contributed by atoms with Crippen LogP contribution in [0.3, 0.4) is 0 Å². The molecule has 27 heavy (non-hydrogen) atoms. The number of aryl methyl sites for hydroxylation is 1. The molecule has 0 saturated carbocycles. The van der Waals surface area contributed by atoms with Crippen LogP contribution in [0.5, 0.6) is 0 Å². The molecule has 1 aliphatic heterocycles. The highest BCUT2D eigenvalue weighted by atomic mass is 19.1. The lowest BCUT2D eigenvalue weighted by Gasteiger charge is -2.15. The molecule has 0 aliphatic carbocycles. The van der Waals surface area contributed by atoms with Crippen LogP contribution in [0.1, 0.15) is 52.6 Å². The first-order valence-corrected chi connectivity index (χ1v) is 8.81. The molecule has 1 aromatic heterocycles. The summed E-state index contributed by atoms with van der Waals surface area (Å²) in [5.74, 6) is -1.94. The van der Waals surface area contributed by atoms with Crippen LogP contribution >= 0.6 is 0 Å². The van der Waals surface area contributed by atoms with E-state index in [1.54, 1.807) is 12.1 Å². The molecule has 0 radical (unpaired) electrons. The van der Waals surface area contributed by atoms with Crippen LogP contribution in [0.15, 0.2) is 41.4 Å². The standard InChI is InChI=1S/C22H21FN2O2/c1-13(2)22-18(7-8-21(26)27)19-9-14-11-24-12-15(14)10-20(19)25(22)17-5-3-16(23)4-6-17/h3-6,9-10,12-13H,7-8,11H2,1-2H3,(H,26,27)/i8D2,12D. The molecule has 0 saturated heterocycles. The van der Waals surface area contributed by atoms with Gasteiger partial charge in [-0.15, -0.1) is 0 Å². The quantitative estimate of drug-likeness (QED) is 0.701. The Morgan fingerprint density at radius 1 is 1.37 bits per heavy atom. The lowest BCUT2D eigenvalue weighted by molar-refractivity contribution is -0.136. The summed E-state index contributed by atoms with van der Waals surface area (Å²) >= 11 is 0. The molecule has 3 aromatic rings. The number of nitrogens with zero attached hydrogens (tertiary/aromatic N) is 2. The number of rotatable bonds is 5. The largest absolute Gasteiger partial charge is 0.481 e. The van der Waals surface area contributed by atoms with Crippen LogP contribution < -0.4 is 0 Å². The van der Waals surface area contributed by atoms with Crippen molar-refractivity contribution >= 4 is 23.1 Å². The third kappa shape index (κ3) is 3.03. The Bertz CT molecular complexity index is 1200. The van der Waals surface area contributed by atoms with E-state index in [0.29, 0.717) is 23.4 Å². The summed E-state index contributed by atoms with van der Waals surface area (Å²) < 4.78 is 39.6. The van der Waals surface area contributed by atoms with E-state index in [1.807, 2.05) is 30.5 Å². The number of aliphatic imine (C=N–C) groups is 1. The minimum atomic E-state index is -2.44. The summed E-state index contributed by atoms with van der Waals surface area (Å²) in [6.45, 7) is 4.28. The topological polar surface area (TPSA) is 54.6 Å². The maximum absolute atomic E-state index is 13.6. The zero-order valence-electron chi connectivity index (χ0n) is 18.1. The summed E-state index contributed by atoms with van der Waals surface area (Å²) in [7, 11) is 0. The van der Waals surface area contributed by atoms with Crippen LogP contribution in [-0.2, 0) is 17.8 Å². The maximum atomic E-state index is 13.6. The van der Waals surface area contributed by atoms with Crippen LogP contribution in [0, 0.1) is 5.82 Å². The molecule has 2 heterocycles. The van der Waals surface area contributed by atoms with Crippen LogP contribution in [0.4, 0.5) is 4.39 Å². The molecular formula is C22H21FN2O2. The Morgan fingerprint density at radius 3 is 2.78 bits per heavy atom. The molecule has 0 atom stereocenters. The zero-order valence-corrected chi connectivity index (χ0v) is 15.1. The molecule has 2 aromatic carbocycles. The molecule has 0 bridgehead atoms. The molecule has 0 amide bonds. The third-order valence-corrected chi connectivity index (χ3v) is 4.83. The average molecular weight is 367 g/mol. The van der Waals surface area contributed by atoms with Crippen molar-refractivity contribution in [1.29, 1.82) is 0 Å². The van der Waals surface area contributed by atoms with Crippen molar-refractivity contribution in [2.75, 3.05) is 0 Å². The van der Waals surface area contributed by atoms with Crippen LogP contribution in [-0.4, -0.2) is 21.8 Å². The minimum Gasteiger partial charge on any atom is -0.481 e. The lowest BCUT2D eigenvalue weighted by Crippen LogP contribution is -2.06. The Labute approximate surface area is 161 Å². The van der Waals surface area contributed by atoms with Gasteiger partial charge < -0.3 is 9.67 Å². The Balaban J connectivity index is 2.08. The molecule has 1 N–H and O–H groups in total. The normalized spacial score (nSPS) is 15.4. The van der Waals surface area contributed by atoms with Crippen molar-refractivity contribution in [3.05, 3.63) is 64.6 Å². The Morgan fingerprint density at radius 2 is 2.11 bits per heavy atom. The summed E-state index contributed by atoms with van der Waals surface area (Å²) in [5, 5.41) is 10.1. The second-order valence-electron chi connectivity index (χ2n) is 6.94.